The number of amides is 2. The van der Waals surface area contributed by atoms with Crippen LogP contribution in [0.5, 0.6) is 0 Å². The second-order valence-corrected chi connectivity index (χ2v) is 5.55. The largest absolute Gasteiger partial charge is 0.322 e. The zero-order valence-corrected chi connectivity index (χ0v) is 13.7. The van der Waals surface area contributed by atoms with E-state index in [1.165, 1.54) is 0 Å². The van der Waals surface area contributed by atoms with Crippen molar-refractivity contribution in [2.75, 3.05) is 10.7 Å². The Morgan fingerprint density at radius 1 is 1.12 bits per heavy atom. The highest BCUT2D eigenvalue weighted by Crippen LogP contribution is 2.24. The molecule has 4 N–H and O–H groups in total. The molecule has 8 heteroatoms. The number of para-hydroxylation sites is 1. The summed E-state index contributed by atoms with van der Waals surface area (Å²) in [6.07, 6.45) is 0. The first-order chi connectivity index (χ1) is 12.0. The number of hydrogen-bond acceptors (Lipinski definition) is 5. The van der Waals surface area contributed by atoms with Crippen molar-refractivity contribution in [3.63, 3.8) is 0 Å². The Bertz CT molecular complexity index is 862. The van der Waals surface area contributed by atoms with Crippen LogP contribution in [0.1, 0.15) is 10.4 Å². The van der Waals surface area contributed by atoms with Gasteiger partial charge in [0, 0.05) is 11.3 Å². The number of anilines is 2. The van der Waals surface area contributed by atoms with Crippen LogP contribution in [0.4, 0.5) is 11.4 Å². The van der Waals surface area contributed by atoms with Gasteiger partial charge in [-0.15, -0.1) is 0 Å². The van der Waals surface area contributed by atoms with Crippen LogP contribution in [-0.2, 0) is 4.79 Å². The third-order valence-corrected chi connectivity index (χ3v) is 3.71. The highest BCUT2D eigenvalue weighted by molar-refractivity contribution is 6.47. The van der Waals surface area contributed by atoms with Crippen molar-refractivity contribution < 1.29 is 9.59 Å². The van der Waals surface area contributed by atoms with Gasteiger partial charge in [0.15, 0.2) is 5.71 Å². The molecule has 1 aliphatic rings. The van der Waals surface area contributed by atoms with Crippen molar-refractivity contribution in [3.8, 4) is 0 Å². The van der Waals surface area contributed by atoms with Gasteiger partial charge in [-0.25, -0.2) is 0 Å². The van der Waals surface area contributed by atoms with Crippen molar-refractivity contribution in [2.45, 2.75) is 0 Å². The van der Waals surface area contributed by atoms with E-state index in [0.29, 0.717) is 27.7 Å². The van der Waals surface area contributed by atoms with Crippen molar-refractivity contribution in [3.05, 3.63) is 71.4 Å². The van der Waals surface area contributed by atoms with Crippen LogP contribution in [0.2, 0.25) is 5.02 Å². The van der Waals surface area contributed by atoms with Gasteiger partial charge in [-0.1, -0.05) is 36.4 Å². The Labute approximate surface area is 148 Å². The number of carbonyl (C=O) groups is 2. The summed E-state index contributed by atoms with van der Waals surface area (Å²) in [5, 5.41) is 7.12. The minimum atomic E-state index is -0.411. The molecule has 1 aliphatic heterocycles. The molecule has 0 unspecified atom stereocenters. The number of halogens is 1. The smallest absolute Gasteiger partial charge is 0.292 e. The first-order valence-corrected chi connectivity index (χ1v) is 7.67. The SMILES string of the molecule is C=C1NNC(=O)/C1=N/Nc1cc(C(=O)Nc2ccccc2)ccc1Cl. The van der Waals surface area contributed by atoms with Gasteiger partial charge >= 0.3 is 0 Å². The van der Waals surface area contributed by atoms with Gasteiger partial charge in [0.1, 0.15) is 0 Å². The lowest BCUT2D eigenvalue weighted by Crippen LogP contribution is -2.26. The van der Waals surface area contributed by atoms with Crippen molar-refractivity contribution in [2.24, 2.45) is 5.10 Å². The van der Waals surface area contributed by atoms with Gasteiger partial charge < -0.3 is 5.32 Å². The van der Waals surface area contributed by atoms with Gasteiger partial charge in [0.2, 0.25) is 0 Å². The number of rotatable bonds is 4. The third kappa shape index (κ3) is 3.78. The van der Waals surface area contributed by atoms with Crippen LogP contribution in [-0.4, -0.2) is 17.5 Å². The fourth-order valence-corrected chi connectivity index (χ4v) is 2.26. The molecule has 0 atom stereocenters. The summed E-state index contributed by atoms with van der Waals surface area (Å²) >= 11 is 6.12. The fraction of sp³-hybridized carbons (Fsp3) is 0. The maximum Gasteiger partial charge on any atom is 0.292 e. The van der Waals surface area contributed by atoms with E-state index < -0.39 is 5.91 Å². The molecule has 2 aromatic rings. The number of hydrazone groups is 1. The Kier molecular flexibility index (Phi) is 4.67. The van der Waals surface area contributed by atoms with Crippen LogP contribution < -0.4 is 21.6 Å². The van der Waals surface area contributed by atoms with Gasteiger partial charge in [0.25, 0.3) is 11.8 Å². The van der Waals surface area contributed by atoms with E-state index in [9.17, 15) is 9.59 Å². The van der Waals surface area contributed by atoms with Gasteiger partial charge in [-0.3, -0.25) is 25.9 Å². The Balaban J connectivity index is 1.78. The van der Waals surface area contributed by atoms with Crippen molar-refractivity contribution >= 4 is 40.5 Å². The predicted molar refractivity (Wildman–Crippen MR) is 97.3 cm³/mol. The number of benzene rings is 2. The molecule has 25 heavy (non-hydrogen) atoms. The summed E-state index contributed by atoms with van der Waals surface area (Å²) in [5.74, 6) is -0.699. The van der Waals surface area contributed by atoms with E-state index in [2.05, 4.69) is 33.3 Å². The molecule has 7 nitrogen and oxygen atoms in total. The quantitative estimate of drug-likeness (QED) is 0.634. The van der Waals surface area contributed by atoms with Crippen molar-refractivity contribution in [1.29, 1.82) is 0 Å². The zero-order chi connectivity index (χ0) is 17.8. The van der Waals surface area contributed by atoms with Gasteiger partial charge in [-0.05, 0) is 30.3 Å². The molecule has 0 aliphatic carbocycles. The molecular weight excluding hydrogens is 342 g/mol. The second-order valence-electron chi connectivity index (χ2n) is 5.14. The van der Waals surface area contributed by atoms with Crippen LogP contribution in [0.25, 0.3) is 0 Å². The van der Waals surface area contributed by atoms with Gasteiger partial charge in [0.05, 0.1) is 16.4 Å². The number of carbonyl (C=O) groups excluding carboxylic acids is 2. The summed E-state index contributed by atoms with van der Waals surface area (Å²) in [6, 6.07) is 13.8. The van der Waals surface area contributed by atoms with E-state index in [4.69, 9.17) is 11.6 Å². The summed E-state index contributed by atoms with van der Waals surface area (Å²) in [4.78, 5) is 23.9. The number of nitrogens with zero attached hydrogens (tertiary/aromatic N) is 1. The monoisotopic (exact) mass is 355 g/mol. The Morgan fingerprint density at radius 3 is 2.56 bits per heavy atom. The molecule has 3 rings (SSSR count). The maximum atomic E-state index is 12.3. The normalized spacial score (nSPS) is 14.8. The summed E-state index contributed by atoms with van der Waals surface area (Å²) in [5.41, 5.74) is 9.54. The number of nitrogens with one attached hydrogen (secondary N) is 4. The molecule has 2 amide bonds. The van der Waals surface area contributed by atoms with E-state index in [0.717, 1.165) is 0 Å². The molecule has 0 radical (unpaired) electrons. The van der Waals surface area contributed by atoms with Crippen LogP contribution in [0.3, 0.4) is 0 Å². The highest BCUT2D eigenvalue weighted by atomic mass is 35.5. The molecule has 0 saturated carbocycles. The second kappa shape index (κ2) is 7.06. The zero-order valence-electron chi connectivity index (χ0n) is 13.0. The van der Waals surface area contributed by atoms with Crippen LogP contribution in [0.15, 0.2) is 65.9 Å². The standard InChI is InChI=1S/C17H14ClN5O2/c1-10-15(17(25)23-20-10)22-21-14-9-11(7-8-13(14)18)16(24)19-12-5-3-2-4-6-12/h2-9,20-21H,1H2,(H,19,24)(H,23,25)/b22-15+. The topological polar surface area (TPSA) is 94.6 Å². The van der Waals surface area contributed by atoms with E-state index >= 15 is 0 Å². The summed E-state index contributed by atoms with van der Waals surface area (Å²) < 4.78 is 0. The molecule has 126 valence electrons. The third-order valence-electron chi connectivity index (χ3n) is 3.38. The fourth-order valence-electron chi connectivity index (χ4n) is 2.10. The molecule has 1 saturated heterocycles. The number of hydrazine groups is 1. The van der Waals surface area contributed by atoms with E-state index in [-0.39, 0.29) is 11.6 Å². The van der Waals surface area contributed by atoms with Crippen molar-refractivity contribution in [1.82, 2.24) is 10.9 Å². The summed E-state index contributed by atoms with van der Waals surface area (Å²) in [7, 11) is 0. The average molecular weight is 356 g/mol. The molecule has 1 heterocycles. The van der Waals surface area contributed by atoms with Gasteiger partial charge in [-0.2, -0.15) is 5.10 Å². The molecular formula is C17H14ClN5O2. The Hall–Kier alpha value is -3.32. The molecule has 2 aromatic carbocycles. The number of hydrogen-bond donors (Lipinski definition) is 4. The lowest BCUT2D eigenvalue weighted by molar-refractivity contribution is -0.114. The minimum Gasteiger partial charge on any atom is -0.322 e. The average Bonchev–Trinajstić information content (AvgIpc) is 2.93. The maximum absolute atomic E-state index is 12.3. The highest BCUT2D eigenvalue weighted by Gasteiger charge is 2.22. The first-order valence-electron chi connectivity index (χ1n) is 7.30. The lowest BCUT2D eigenvalue weighted by atomic mass is 10.2. The molecule has 0 bridgehead atoms. The molecule has 0 aromatic heterocycles. The summed E-state index contributed by atoms with van der Waals surface area (Å²) in [6.45, 7) is 3.65. The lowest BCUT2D eigenvalue weighted by Gasteiger charge is -2.08. The van der Waals surface area contributed by atoms with Crippen LogP contribution in [0, 0.1) is 0 Å². The van der Waals surface area contributed by atoms with E-state index in [1.807, 2.05) is 18.2 Å². The van der Waals surface area contributed by atoms with E-state index in [1.54, 1.807) is 30.3 Å². The predicted octanol–water partition coefficient (Wildman–Crippen LogP) is 2.51. The molecule has 0 spiro atoms. The minimum absolute atomic E-state index is 0.107. The Morgan fingerprint density at radius 2 is 1.88 bits per heavy atom. The van der Waals surface area contributed by atoms with Crippen LogP contribution >= 0.6 is 11.6 Å². The molecule has 1 fully saturated rings. The first kappa shape index (κ1) is 16.5.